The SMILES string of the molecule is CC(C)NC(C)SC(C)C. The predicted octanol–water partition coefficient (Wildman–Crippen LogP) is 2.47. The number of hydrogen-bond donors (Lipinski definition) is 1. The van der Waals surface area contributed by atoms with E-state index in [1.165, 1.54) is 0 Å². The van der Waals surface area contributed by atoms with Crippen molar-refractivity contribution < 1.29 is 0 Å². The molecule has 2 heteroatoms. The van der Waals surface area contributed by atoms with Gasteiger partial charge in [-0.25, -0.2) is 0 Å². The molecule has 1 nitrogen and oxygen atoms in total. The lowest BCUT2D eigenvalue weighted by molar-refractivity contribution is 0.585. The van der Waals surface area contributed by atoms with Crippen LogP contribution in [0.25, 0.3) is 0 Å². The normalized spacial score (nSPS) is 14.7. The Morgan fingerprint density at radius 3 is 1.80 bits per heavy atom. The third-order valence-electron chi connectivity index (χ3n) is 1.04. The van der Waals surface area contributed by atoms with Gasteiger partial charge in [0.2, 0.25) is 0 Å². The summed E-state index contributed by atoms with van der Waals surface area (Å²) in [5.74, 6) is 0. The Morgan fingerprint density at radius 2 is 1.50 bits per heavy atom. The van der Waals surface area contributed by atoms with E-state index in [0.29, 0.717) is 11.4 Å². The maximum atomic E-state index is 3.44. The van der Waals surface area contributed by atoms with Gasteiger partial charge >= 0.3 is 0 Å². The molecule has 1 N–H and O–H groups in total. The number of hydrogen-bond acceptors (Lipinski definition) is 2. The summed E-state index contributed by atoms with van der Waals surface area (Å²) in [6.07, 6.45) is 0. The first-order valence-corrected chi connectivity index (χ1v) is 4.88. The van der Waals surface area contributed by atoms with Gasteiger partial charge in [0, 0.05) is 11.3 Å². The van der Waals surface area contributed by atoms with Crippen LogP contribution < -0.4 is 5.32 Å². The van der Waals surface area contributed by atoms with Crippen molar-refractivity contribution >= 4 is 11.8 Å². The summed E-state index contributed by atoms with van der Waals surface area (Å²) < 4.78 is 0. The minimum atomic E-state index is 0.583. The van der Waals surface area contributed by atoms with Gasteiger partial charge in [0.1, 0.15) is 0 Å². The zero-order valence-corrected chi connectivity index (χ0v) is 8.46. The highest BCUT2D eigenvalue weighted by atomic mass is 32.2. The average molecular weight is 161 g/mol. The quantitative estimate of drug-likeness (QED) is 0.636. The molecule has 0 bridgehead atoms. The number of thioether (sulfide) groups is 1. The van der Waals surface area contributed by atoms with Crippen molar-refractivity contribution in [2.75, 3.05) is 0 Å². The summed E-state index contributed by atoms with van der Waals surface area (Å²) in [4.78, 5) is 0. The van der Waals surface area contributed by atoms with Gasteiger partial charge in [0.25, 0.3) is 0 Å². The smallest absolute Gasteiger partial charge is 0.0507 e. The molecule has 0 aromatic carbocycles. The molecule has 0 radical (unpaired) electrons. The van der Waals surface area contributed by atoms with Crippen LogP contribution in [-0.2, 0) is 0 Å². The lowest BCUT2D eigenvalue weighted by atomic mass is 10.4. The van der Waals surface area contributed by atoms with Crippen molar-refractivity contribution in [1.29, 1.82) is 0 Å². The second-order valence-electron chi connectivity index (χ2n) is 3.15. The molecule has 0 aromatic heterocycles. The van der Waals surface area contributed by atoms with Gasteiger partial charge in [-0.3, -0.25) is 0 Å². The Hall–Kier alpha value is 0.310. The molecule has 0 heterocycles. The molecule has 0 fully saturated rings. The molecule has 0 spiro atoms. The molecular formula is C8H19NS. The third-order valence-corrected chi connectivity index (χ3v) is 2.13. The first kappa shape index (κ1) is 10.3. The highest BCUT2D eigenvalue weighted by molar-refractivity contribution is 8.00. The molecule has 1 atom stereocenters. The van der Waals surface area contributed by atoms with Crippen molar-refractivity contribution in [3.8, 4) is 0 Å². The van der Waals surface area contributed by atoms with Gasteiger partial charge < -0.3 is 5.32 Å². The second kappa shape index (κ2) is 5.03. The fraction of sp³-hybridized carbons (Fsp3) is 1.00. The summed E-state index contributed by atoms with van der Waals surface area (Å²) in [5, 5.41) is 4.74. The largest absolute Gasteiger partial charge is 0.303 e. The molecule has 0 aliphatic rings. The Bertz CT molecular complexity index is 71.3. The minimum absolute atomic E-state index is 0.583. The molecule has 0 rings (SSSR count). The van der Waals surface area contributed by atoms with Gasteiger partial charge in [-0.1, -0.05) is 13.8 Å². The molecule has 0 aliphatic heterocycles. The zero-order valence-electron chi connectivity index (χ0n) is 7.64. The molecule has 0 saturated heterocycles. The first-order valence-electron chi connectivity index (χ1n) is 3.94. The fourth-order valence-corrected chi connectivity index (χ4v) is 2.08. The van der Waals surface area contributed by atoms with Crippen molar-refractivity contribution in [3.05, 3.63) is 0 Å². The van der Waals surface area contributed by atoms with E-state index in [0.717, 1.165) is 5.25 Å². The van der Waals surface area contributed by atoms with Crippen LogP contribution in [0.4, 0.5) is 0 Å². The summed E-state index contributed by atoms with van der Waals surface area (Å²) in [7, 11) is 0. The lowest BCUT2D eigenvalue weighted by Crippen LogP contribution is -2.30. The van der Waals surface area contributed by atoms with Gasteiger partial charge in [-0.05, 0) is 20.8 Å². The topological polar surface area (TPSA) is 12.0 Å². The van der Waals surface area contributed by atoms with E-state index in [4.69, 9.17) is 0 Å². The van der Waals surface area contributed by atoms with Crippen LogP contribution in [0.15, 0.2) is 0 Å². The van der Waals surface area contributed by atoms with Crippen molar-refractivity contribution in [2.45, 2.75) is 51.3 Å². The van der Waals surface area contributed by atoms with E-state index in [9.17, 15) is 0 Å². The van der Waals surface area contributed by atoms with Crippen LogP contribution >= 0.6 is 11.8 Å². The average Bonchev–Trinajstić information content (AvgIpc) is 1.58. The van der Waals surface area contributed by atoms with E-state index in [-0.39, 0.29) is 0 Å². The second-order valence-corrected chi connectivity index (χ2v) is 5.07. The molecule has 0 amide bonds. The Kier molecular flexibility index (Phi) is 5.18. The summed E-state index contributed by atoms with van der Waals surface area (Å²) in [5.41, 5.74) is 0. The van der Waals surface area contributed by atoms with Gasteiger partial charge in [0.05, 0.1) is 5.37 Å². The van der Waals surface area contributed by atoms with Crippen LogP contribution in [0.2, 0.25) is 0 Å². The fourth-order valence-electron chi connectivity index (χ4n) is 0.917. The van der Waals surface area contributed by atoms with E-state index in [1.54, 1.807) is 0 Å². The van der Waals surface area contributed by atoms with Crippen LogP contribution in [0.3, 0.4) is 0 Å². The van der Waals surface area contributed by atoms with E-state index >= 15 is 0 Å². The first-order chi connectivity index (χ1) is 4.52. The van der Waals surface area contributed by atoms with Crippen molar-refractivity contribution in [1.82, 2.24) is 5.32 Å². The van der Waals surface area contributed by atoms with Gasteiger partial charge in [-0.2, -0.15) is 0 Å². The van der Waals surface area contributed by atoms with Crippen molar-refractivity contribution in [3.63, 3.8) is 0 Å². The molecular weight excluding hydrogens is 142 g/mol. The maximum Gasteiger partial charge on any atom is 0.0507 e. The third kappa shape index (κ3) is 6.43. The molecule has 0 aromatic rings. The van der Waals surface area contributed by atoms with Crippen molar-refractivity contribution in [2.24, 2.45) is 0 Å². The Morgan fingerprint density at radius 1 is 1.00 bits per heavy atom. The Balaban J connectivity index is 3.34. The molecule has 10 heavy (non-hydrogen) atoms. The highest BCUT2D eigenvalue weighted by Crippen LogP contribution is 2.14. The van der Waals surface area contributed by atoms with E-state index < -0.39 is 0 Å². The van der Waals surface area contributed by atoms with Crippen LogP contribution in [0, 0.1) is 0 Å². The van der Waals surface area contributed by atoms with Crippen LogP contribution in [-0.4, -0.2) is 16.7 Å². The summed E-state index contributed by atoms with van der Waals surface area (Å²) >= 11 is 1.97. The Labute approximate surface area is 69.0 Å². The monoisotopic (exact) mass is 161 g/mol. The van der Waals surface area contributed by atoms with Gasteiger partial charge in [-0.15, -0.1) is 11.8 Å². The number of nitrogens with one attached hydrogen (secondary N) is 1. The molecule has 0 aliphatic carbocycles. The zero-order chi connectivity index (χ0) is 8.15. The highest BCUT2D eigenvalue weighted by Gasteiger charge is 2.04. The van der Waals surface area contributed by atoms with E-state index in [1.807, 2.05) is 11.8 Å². The summed E-state index contributed by atoms with van der Waals surface area (Å²) in [6, 6.07) is 0.598. The molecule has 0 saturated carbocycles. The molecule has 62 valence electrons. The standard InChI is InChI=1S/C8H19NS/c1-6(2)9-8(5)10-7(3)4/h6-9H,1-5H3. The van der Waals surface area contributed by atoms with Crippen LogP contribution in [0.5, 0.6) is 0 Å². The number of rotatable bonds is 4. The predicted molar refractivity (Wildman–Crippen MR) is 50.5 cm³/mol. The minimum Gasteiger partial charge on any atom is -0.303 e. The molecule has 1 unspecified atom stereocenters. The van der Waals surface area contributed by atoms with E-state index in [2.05, 4.69) is 39.9 Å². The maximum absolute atomic E-state index is 3.44. The lowest BCUT2D eigenvalue weighted by Gasteiger charge is -2.17. The van der Waals surface area contributed by atoms with Gasteiger partial charge in [0.15, 0.2) is 0 Å². The summed E-state index contributed by atoms with van der Waals surface area (Å²) in [6.45, 7) is 11.0. The van der Waals surface area contributed by atoms with Crippen LogP contribution in [0.1, 0.15) is 34.6 Å².